The number of benzene rings is 3. The maximum Gasteiger partial charge on any atom is 0.329 e. The van der Waals surface area contributed by atoms with Gasteiger partial charge >= 0.3 is 6.03 Å². The van der Waals surface area contributed by atoms with Crippen LogP contribution in [0.3, 0.4) is 0 Å². The molecule has 182 valence electrons. The molecule has 2 heterocycles. The number of carbonyl (C=O) groups is 1. The number of amides is 2. The van der Waals surface area contributed by atoms with Crippen molar-refractivity contribution in [2.24, 2.45) is 0 Å². The van der Waals surface area contributed by atoms with E-state index in [-0.39, 0.29) is 4.90 Å². The summed E-state index contributed by atoms with van der Waals surface area (Å²) in [4.78, 5) is 22.0. The van der Waals surface area contributed by atoms with E-state index in [4.69, 9.17) is 0 Å². The number of nitrogens with zero attached hydrogens (tertiary/aromatic N) is 3. The van der Waals surface area contributed by atoms with Crippen molar-refractivity contribution in [2.45, 2.75) is 24.3 Å². The fourth-order valence-corrected chi connectivity index (χ4v) is 5.89. The quantitative estimate of drug-likeness (QED) is 0.324. The van der Waals surface area contributed by atoms with Gasteiger partial charge in [-0.2, -0.15) is 0 Å². The third-order valence-corrected chi connectivity index (χ3v) is 8.07. The lowest BCUT2D eigenvalue weighted by molar-refractivity contribution is 0.241. The van der Waals surface area contributed by atoms with Crippen molar-refractivity contribution in [2.75, 3.05) is 0 Å². The van der Waals surface area contributed by atoms with Crippen LogP contribution >= 0.6 is 11.3 Å². The molecule has 0 radical (unpaired) electrons. The van der Waals surface area contributed by atoms with Crippen LogP contribution in [0.15, 0.2) is 95.6 Å². The highest BCUT2D eigenvalue weighted by Gasteiger charge is 2.25. The fraction of sp³-hybridized carbons (Fsp3) is 0.115. The van der Waals surface area contributed by atoms with Crippen LogP contribution in [0.4, 0.5) is 4.79 Å². The second-order valence-electron chi connectivity index (χ2n) is 8.25. The predicted octanol–water partition coefficient (Wildman–Crippen LogP) is 4.76. The molecule has 0 bridgehead atoms. The van der Waals surface area contributed by atoms with E-state index in [1.165, 1.54) is 6.07 Å². The zero-order chi connectivity index (χ0) is 25.1. The maximum atomic E-state index is 13.0. The number of imidazole rings is 1. The van der Waals surface area contributed by atoms with E-state index in [2.05, 4.69) is 20.0 Å². The summed E-state index contributed by atoms with van der Waals surface area (Å²) in [5.41, 5.74) is 5.02. The van der Waals surface area contributed by atoms with Crippen LogP contribution < -0.4 is 10.0 Å². The molecule has 5 rings (SSSR count). The number of rotatable bonds is 7. The predicted molar refractivity (Wildman–Crippen MR) is 140 cm³/mol. The summed E-state index contributed by atoms with van der Waals surface area (Å²) >= 11 is 1.56. The molecule has 2 amide bonds. The second-order valence-corrected chi connectivity index (χ2v) is 10.8. The van der Waals surface area contributed by atoms with Gasteiger partial charge in [0.2, 0.25) is 0 Å². The molecular weight excluding hydrogens is 494 g/mol. The van der Waals surface area contributed by atoms with E-state index in [1.54, 1.807) is 48.2 Å². The summed E-state index contributed by atoms with van der Waals surface area (Å²) < 4.78 is 30.9. The number of fused-ring (bicyclic) bond motifs is 1. The fourth-order valence-electron chi connectivity index (χ4n) is 4.07. The molecule has 2 N–H and O–H groups in total. The minimum atomic E-state index is -4.05. The molecule has 36 heavy (non-hydrogen) atoms. The van der Waals surface area contributed by atoms with Crippen LogP contribution in [0, 0.1) is 6.92 Å². The first-order valence-electron chi connectivity index (χ1n) is 11.2. The van der Waals surface area contributed by atoms with Crippen molar-refractivity contribution >= 4 is 37.6 Å². The van der Waals surface area contributed by atoms with Gasteiger partial charge in [0.05, 0.1) is 26.7 Å². The normalized spacial score (nSPS) is 12.4. The lowest BCUT2D eigenvalue weighted by Crippen LogP contribution is -2.42. The van der Waals surface area contributed by atoms with Gasteiger partial charge in [-0.3, -0.25) is 0 Å². The van der Waals surface area contributed by atoms with Gasteiger partial charge in [0.1, 0.15) is 5.82 Å². The first-order valence-corrected chi connectivity index (χ1v) is 13.6. The SMILES string of the molecule is Cc1ccccc1S(=O)(=O)NC(=O)NC(Cc1ccccc1)c1nccn1-c1ccc2scnc2c1. The molecule has 1 atom stereocenters. The highest BCUT2D eigenvalue weighted by molar-refractivity contribution is 7.90. The third-order valence-electron chi connectivity index (χ3n) is 5.77. The van der Waals surface area contributed by atoms with Crippen LogP contribution in [0.25, 0.3) is 15.9 Å². The average Bonchev–Trinajstić information content (AvgIpc) is 3.53. The molecule has 1 unspecified atom stereocenters. The average molecular weight is 518 g/mol. The standard InChI is InChI=1S/C26H23N5O3S2/c1-18-7-5-6-10-24(18)36(33,34)30-26(32)29-22(15-19-8-3-2-4-9-19)25-27-13-14-31(25)20-11-12-23-21(16-20)28-17-35-23/h2-14,16-17,22H,15H2,1H3,(H2,29,30,32). The lowest BCUT2D eigenvalue weighted by Gasteiger charge is -2.21. The summed E-state index contributed by atoms with van der Waals surface area (Å²) in [7, 11) is -4.05. The number of carbonyl (C=O) groups excluding carboxylic acids is 1. The van der Waals surface area contributed by atoms with Crippen molar-refractivity contribution in [1.82, 2.24) is 24.6 Å². The molecule has 0 aliphatic carbocycles. The first-order chi connectivity index (χ1) is 17.4. The Morgan fingerprint density at radius 3 is 2.61 bits per heavy atom. The molecule has 0 aliphatic heterocycles. The Morgan fingerprint density at radius 1 is 1.03 bits per heavy atom. The minimum Gasteiger partial charge on any atom is -0.327 e. The zero-order valence-corrected chi connectivity index (χ0v) is 21.0. The molecule has 2 aromatic heterocycles. The van der Waals surface area contributed by atoms with Gasteiger partial charge < -0.3 is 9.88 Å². The first kappa shape index (κ1) is 23.7. The Hall–Kier alpha value is -4.02. The molecule has 10 heteroatoms. The Balaban J connectivity index is 1.46. The van der Waals surface area contributed by atoms with Crippen molar-refractivity contribution in [3.8, 4) is 5.69 Å². The van der Waals surface area contributed by atoms with Gasteiger partial charge in [-0.15, -0.1) is 11.3 Å². The van der Waals surface area contributed by atoms with E-state index < -0.39 is 22.1 Å². The third kappa shape index (κ3) is 5.00. The van der Waals surface area contributed by atoms with E-state index in [1.807, 2.05) is 59.3 Å². The number of urea groups is 1. The number of aromatic nitrogens is 3. The Morgan fingerprint density at radius 2 is 1.81 bits per heavy atom. The Labute approximate surface area is 212 Å². The van der Waals surface area contributed by atoms with Crippen molar-refractivity contribution in [3.05, 3.63) is 108 Å². The van der Waals surface area contributed by atoms with Gasteiger partial charge in [-0.25, -0.2) is 27.9 Å². The number of thiazole rings is 1. The minimum absolute atomic E-state index is 0.0535. The van der Waals surface area contributed by atoms with E-state index in [9.17, 15) is 13.2 Å². The van der Waals surface area contributed by atoms with E-state index in [0.29, 0.717) is 17.8 Å². The summed E-state index contributed by atoms with van der Waals surface area (Å²) in [6.45, 7) is 1.68. The molecule has 0 spiro atoms. The highest BCUT2D eigenvalue weighted by atomic mass is 32.2. The smallest absolute Gasteiger partial charge is 0.327 e. The molecule has 0 saturated heterocycles. The topological polar surface area (TPSA) is 106 Å². The summed E-state index contributed by atoms with van der Waals surface area (Å²) in [6.07, 6.45) is 3.88. The largest absolute Gasteiger partial charge is 0.329 e. The molecular formula is C26H23N5O3S2. The monoisotopic (exact) mass is 517 g/mol. The van der Waals surface area contributed by atoms with Crippen LogP contribution in [0.1, 0.15) is 23.0 Å². The van der Waals surface area contributed by atoms with Gasteiger partial charge in [0.15, 0.2) is 0 Å². The summed E-state index contributed by atoms with van der Waals surface area (Å²) in [5, 5.41) is 2.83. The maximum absolute atomic E-state index is 13.0. The number of aryl methyl sites for hydroxylation is 1. The van der Waals surface area contributed by atoms with Crippen molar-refractivity contribution in [3.63, 3.8) is 0 Å². The zero-order valence-electron chi connectivity index (χ0n) is 19.3. The second kappa shape index (κ2) is 9.92. The van der Waals surface area contributed by atoms with Crippen molar-refractivity contribution < 1.29 is 13.2 Å². The van der Waals surface area contributed by atoms with Gasteiger partial charge in [-0.1, -0.05) is 48.5 Å². The van der Waals surface area contributed by atoms with Crippen LogP contribution in [0.2, 0.25) is 0 Å². The van der Waals surface area contributed by atoms with Gasteiger partial charge in [-0.05, 0) is 48.7 Å². The van der Waals surface area contributed by atoms with Gasteiger partial charge in [0.25, 0.3) is 10.0 Å². The summed E-state index contributed by atoms with van der Waals surface area (Å²) in [6, 6.07) is 20.6. The lowest BCUT2D eigenvalue weighted by atomic mass is 10.1. The number of nitrogens with one attached hydrogen (secondary N) is 2. The van der Waals surface area contributed by atoms with Crippen molar-refractivity contribution in [1.29, 1.82) is 0 Å². The van der Waals surface area contributed by atoms with Crippen LogP contribution in [-0.2, 0) is 16.4 Å². The van der Waals surface area contributed by atoms with Crippen LogP contribution in [0.5, 0.6) is 0 Å². The molecule has 5 aromatic rings. The number of hydrogen-bond acceptors (Lipinski definition) is 6. The highest BCUT2D eigenvalue weighted by Crippen LogP contribution is 2.25. The summed E-state index contributed by atoms with van der Waals surface area (Å²) in [5.74, 6) is 0.567. The molecule has 0 fully saturated rings. The van der Waals surface area contributed by atoms with E-state index in [0.717, 1.165) is 21.5 Å². The molecule has 8 nitrogen and oxygen atoms in total. The van der Waals surface area contributed by atoms with Crippen LogP contribution in [-0.4, -0.2) is 29.0 Å². The van der Waals surface area contributed by atoms with Gasteiger partial charge in [0, 0.05) is 18.1 Å². The molecule has 3 aromatic carbocycles. The molecule has 0 aliphatic rings. The Kier molecular flexibility index (Phi) is 6.53. The Bertz CT molecular complexity index is 1630. The number of sulfonamides is 1. The van der Waals surface area contributed by atoms with E-state index >= 15 is 0 Å². The molecule has 0 saturated carbocycles. The number of hydrogen-bond donors (Lipinski definition) is 2.